The van der Waals surface area contributed by atoms with Crippen LogP contribution in [0.1, 0.15) is 0 Å². The predicted octanol–water partition coefficient (Wildman–Crippen LogP) is 7.50. The van der Waals surface area contributed by atoms with Crippen molar-refractivity contribution in [2.45, 2.75) is 0 Å². The number of nitrogens with zero attached hydrogens (tertiary/aromatic N) is 2. The number of fused-ring (bicyclic) bond motifs is 11. The highest BCUT2D eigenvalue weighted by atomic mass is 16.3. The molecular weight excluding hydrogens is 418 g/mol. The second kappa shape index (κ2) is 6.21. The van der Waals surface area contributed by atoms with Gasteiger partial charge in [0, 0.05) is 32.6 Å². The zero-order valence-corrected chi connectivity index (χ0v) is 18.2. The van der Waals surface area contributed by atoms with Gasteiger partial charge >= 0.3 is 0 Å². The van der Waals surface area contributed by atoms with E-state index in [1.807, 2.05) is 12.1 Å². The molecule has 0 aliphatic rings. The highest BCUT2D eigenvalue weighted by Gasteiger charge is 2.22. The maximum atomic E-state index is 6.70. The molecule has 4 heteroatoms. The Hall–Kier alpha value is -4.70. The molecule has 0 aliphatic heterocycles. The first-order chi connectivity index (χ1) is 16.8. The molecule has 0 bridgehead atoms. The van der Waals surface area contributed by atoms with Gasteiger partial charge in [-0.05, 0) is 42.5 Å². The Kier molecular flexibility index (Phi) is 3.25. The third-order valence-corrected chi connectivity index (χ3v) is 7.12. The normalized spacial score (nSPS) is 12.2. The topological polar surface area (TPSA) is 49.0 Å². The molecule has 0 saturated carbocycles. The third-order valence-electron chi connectivity index (χ3n) is 7.12. The van der Waals surface area contributed by atoms with E-state index in [1.54, 1.807) is 4.68 Å². The molecule has 0 atom stereocenters. The third kappa shape index (κ3) is 2.08. The Bertz CT molecular complexity index is 2070. The first-order valence-electron chi connectivity index (χ1n) is 11.4. The second-order valence-corrected chi connectivity index (χ2v) is 8.85. The van der Waals surface area contributed by atoms with Gasteiger partial charge in [0.15, 0.2) is 0 Å². The van der Waals surface area contributed by atoms with Crippen LogP contribution in [0.2, 0.25) is 0 Å². The molecule has 34 heavy (non-hydrogen) atoms. The van der Waals surface area contributed by atoms with E-state index in [-0.39, 0.29) is 0 Å². The van der Waals surface area contributed by atoms with Gasteiger partial charge in [0.25, 0.3) is 0 Å². The van der Waals surface area contributed by atoms with Crippen LogP contribution >= 0.6 is 0 Å². The van der Waals surface area contributed by atoms with E-state index in [0.717, 1.165) is 54.9 Å². The van der Waals surface area contributed by atoms with Gasteiger partial charge in [0.05, 0.1) is 27.5 Å². The monoisotopic (exact) mass is 437 g/mol. The Morgan fingerprint density at radius 1 is 0.529 bits per heavy atom. The van der Waals surface area contributed by atoms with Crippen LogP contribution in [0, 0.1) is 0 Å². The van der Waals surface area contributed by atoms with E-state index in [9.17, 15) is 0 Å². The van der Waals surface area contributed by atoms with E-state index in [1.165, 1.54) is 16.3 Å². The smallest absolute Gasteiger partial charge is 0.145 e. The molecule has 0 aliphatic carbocycles. The zero-order chi connectivity index (χ0) is 22.4. The van der Waals surface area contributed by atoms with E-state index < -0.39 is 0 Å². The minimum absolute atomic E-state index is 0.880. The van der Waals surface area contributed by atoms with Crippen molar-refractivity contribution in [3.8, 4) is 5.69 Å². The largest absolute Gasteiger partial charge is 0.455 e. The lowest BCUT2D eigenvalue weighted by atomic mass is 10.1. The van der Waals surface area contributed by atoms with Crippen molar-refractivity contribution < 1.29 is 4.42 Å². The zero-order valence-electron chi connectivity index (χ0n) is 18.2. The highest BCUT2D eigenvalue weighted by molar-refractivity contribution is 6.31. The second-order valence-electron chi connectivity index (χ2n) is 8.85. The van der Waals surface area contributed by atoms with Crippen molar-refractivity contribution >= 4 is 65.6 Å². The van der Waals surface area contributed by atoms with E-state index in [4.69, 9.17) is 10.3 Å². The van der Waals surface area contributed by atoms with Gasteiger partial charge in [0.1, 0.15) is 11.2 Å². The first-order valence-corrected chi connectivity index (χ1v) is 11.4. The molecule has 0 unspecified atom stereocenters. The van der Waals surface area contributed by atoms with Crippen molar-refractivity contribution in [1.29, 1.82) is 0 Å². The van der Waals surface area contributed by atoms with Gasteiger partial charge in [-0.15, -0.1) is 0 Å². The number of benzene rings is 5. The minimum Gasteiger partial charge on any atom is -0.455 e. The van der Waals surface area contributed by atoms with Crippen molar-refractivity contribution in [2.24, 2.45) is 0 Å². The SMILES string of the molecule is Nn1c2ccc3c4ccccc4oc3c2c2c1ccc1c3ccccc3n(-c3ccccc3)c12. The molecule has 0 fully saturated rings. The number of para-hydroxylation sites is 3. The number of furan rings is 1. The van der Waals surface area contributed by atoms with Gasteiger partial charge in [-0.3, -0.25) is 4.68 Å². The molecule has 160 valence electrons. The molecule has 0 saturated heterocycles. The van der Waals surface area contributed by atoms with Gasteiger partial charge in [-0.2, -0.15) is 0 Å². The highest BCUT2D eigenvalue weighted by Crippen LogP contribution is 2.43. The summed E-state index contributed by atoms with van der Waals surface area (Å²) >= 11 is 0. The molecule has 0 spiro atoms. The minimum atomic E-state index is 0.880. The molecule has 2 N–H and O–H groups in total. The lowest BCUT2D eigenvalue weighted by Gasteiger charge is -2.08. The van der Waals surface area contributed by atoms with Crippen molar-refractivity contribution in [1.82, 2.24) is 9.24 Å². The average molecular weight is 438 g/mol. The molecule has 8 aromatic rings. The fraction of sp³-hybridized carbons (Fsp3) is 0. The standard InChI is InChI=1S/C30H19N3O/c31-33-24-16-14-21-19-10-4-6-12-23(19)32(18-8-2-1-3-9-18)29(21)27(24)28-25(33)17-15-22-20-11-5-7-13-26(20)34-30(22)28/h1-17H,31H2. The molecule has 0 radical (unpaired) electrons. The molecule has 4 nitrogen and oxygen atoms in total. The van der Waals surface area contributed by atoms with Crippen LogP contribution in [0.3, 0.4) is 0 Å². The van der Waals surface area contributed by atoms with Crippen LogP contribution in [-0.4, -0.2) is 9.24 Å². The summed E-state index contributed by atoms with van der Waals surface area (Å²) in [7, 11) is 0. The summed E-state index contributed by atoms with van der Waals surface area (Å²) < 4.78 is 10.6. The summed E-state index contributed by atoms with van der Waals surface area (Å²) in [6, 6.07) is 35.9. The predicted molar refractivity (Wildman–Crippen MR) is 141 cm³/mol. The average Bonchev–Trinajstić information content (AvgIpc) is 3.52. The number of hydrogen-bond acceptors (Lipinski definition) is 2. The van der Waals surface area contributed by atoms with Gasteiger partial charge in [0.2, 0.25) is 0 Å². The Labute approximate surface area is 194 Å². The Balaban J connectivity index is 1.71. The van der Waals surface area contributed by atoms with Gasteiger partial charge < -0.3 is 14.8 Å². The Morgan fingerprint density at radius 2 is 1.21 bits per heavy atom. The van der Waals surface area contributed by atoms with E-state index in [2.05, 4.69) is 95.6 Å². The van der Waals surface area contributed by atoms with Gasteiger partial charge in [-0.1, -0.05) is 60.7 Å². The fourth-order valence-corrected chi connectivity index (χ4v) is 5.69. The van der Waals surface area contributed by atoms with Crippen molar-refractivity contribution in [3.05, 3.63) is 103 Å². The summed E-state index contributed by atoms with van der Waals surface area (Å²) in [6.07, 6.45) is 0. The lowest BCUT2D eigenvalue weighted by molar-refractivity contribution is 0.673. The summed E-state index contributed by atoms with van der Waals surface area (Å²) in [5, 5.41) is 6.81. The van der Waals surface area contributed by atoms with Gasteiger partial charge in [-0.25, -0.2) is 0 Å². The molecule has 0 amide bonds. The number of aromatic nitrogens is 2. The van der Waals surface area contributed by atoms with Crippen LogP contribution in [0.25, 0.3) is 71.2 Å². The summed E-state index contributed by atoms with van der Waals surface area (Å²) in [4.78, 5) is 0. The number of rotatable bonds is 1. The summed E-state index contributed by atoms with van der Waals surface area (Å²) in [5.74, 6) is 6.70. The molecule has 8 rings (SSSR count). The van der Waals surface area contributed by atoms with Crippen LogP contribution in [0.5, 0.6) is 0 Å². The maximum absolute atomic E-state index is 6.70. The molecular formula is C30H19N3O. The van der Waals surface area contributed by atoms with Crippen LogP contribution in [-0.2, 0) is 0 Å². The van der Waals surface area contributed by atoms with Crippen molar-refractivity contribution in [3.63, 3.8) is 0 Å². The number of hydrogen-bond donors (Lipinski definition) is 1. The molecule has 3 aromatic heterocycles. The lowest BCUT2D eigenvalue weighted by Crippen LogP contribution is -2.06. The van der Waals surface area contributed by atoms with Crippen LogP contribution in [0.4, 0.5) is 0 Å². The van der Waals surface area contributed by atoms with E-state index in [0.29, 0.717) is 0 Å². The Morgan fingerprint density at radius 3 is 2.06 bits per heavy atom. The number of nitrogens with two attached hydrogens (primary N) is 1. The first kappa shape index (κ1) is 17.8. The molecule has 3 heterocycles. The fourth-order valence-electron chi connectivity index (χ4n) is 5.69. The number of nitrogen functional groups attached to an aromatic ring is 1. The van der Waals surface area contributed by atoms with Crippen LogP contribution in [0.15, 0.2) is 108 Å². The van der Waals surface area contributed by atoms with Crippen LogP contribution < -0.4 is 5.84 Å². The quantitative estimate of drug-likeness (QED) is 0.270. The van der Waals surface area contributed by atoms with E-state index >= 15 is 0 Å². The maximum Gasteiger partial charge on any atom is 0.145 e. The molecule has 5 aromatic carbocycles. The summed E-state index contributed by atoms with van der Waals surface area (Å²) in [6.45, 7) is 0. The summed E-state index contributed by atoms with van der Waals surface area (Å²) in [5.41, 5.74) is 7.15. The van der Waals surface area contributed by atoms with Crippen molar-refractivity contribution in [2.75, 3.05) is 5.84 Å².